The van der Waals surface area contributed by atoms with E-state index in [-0.39, 0.29) is 5.82 Å². The van der Waals surface area contributed by atoms with Gasteiger partial charge in [-0.15, -0.1) is 11.8 Å². The van der Waals surface area contributed by atoms with Crippen LogP contribution in [0.3, 0.4) is 0 Å². The summed E-state index contributed by atoms with van der Waals surface area (Å²) in [6.45, 7) is 1.65. The lowest BCUT2D eigenvalue weighted by Crippen LogP contribution is -2.07. The van der Waals surface area contributed by atoms with E-state index in [9.17, 15) is 9.18 Å². The predicted molar refractivity (Wildman–Crippen MR) is 82.9 cm³/mol. The number of rotatable bonds is 5. The molecule has 0 heterocycles. The van der Waals surface area contributed by atoms with Gasteiger partial charge in [0.25, 0.3) is 0 Å². The maximum atomic E-state index is 13.2. The van der Waals surface area contributed by atoms with Gasteiger partial charge >= 0.3 is 5.97 Å². The Balaban J connectivity index is 2.02. The van der Waals surface area contributed by atoms with Gasteiger partial charge in [0.05, 0.1) is 5.92 Å². The smallest absolute Gasteiger partial charge is 0.310 e. The molecule has 1 unspecified atom stereocenters. The molecule has 1 atom stereocenters. The van der Waals surface area contributed by atoms with Gasteiger partial charge in [-0.1, -0.05) is 24.3 Å². The number of hydrogen-bond acceptors (Lipinski definition) is 3. The number of carbonyl (C=O) groups is 1. The van der Waals surface area contributed by atoms with Crippen LogP contribution in [-0.2, 0) is 10.5 Å². The van der Waals surface area contributed by atoms with Crippen LogP contribution in [0, 0.1) is 5.82 Å². The van der Waals surface area contributed by atoms with Crippen molar-refractivity contribution in [3.05, 3.63) is 59.4 Å². The summed E-state index contributed by atoms with van der Waals surface area (Å²) in [4.78, 5) is 11.7. The van der Waals surface area contributed by atoms with E-state index in [4.69, 9.17) is 10.8 Å². The highest BCUT2D eigenvalue weighted by atomic mass is 32.2. The fourth-order valence-electron chi connectivity index (χ4n) is 1.88. The molecule has 0 aromatic heterocycles. The molecule has 0 saturated carbocycles. The number of anilines is 1. The van der Waals surface area contributed by atoms with Crippen molar-refractivity contribution in [2.75, 3.05) is 5.73 Å². The largest absolute Gasteiger partial charge is 0.481 e. The van der Waals surface area contributed by atoms with Gasteiger partial charge in [-0.25, -0.2) is 4.39 Å². The minimum absolute atomic E-state index is 0.344. The molecule has 0 aliphatic carbocycles. The van der Waals surface area contributed by atoms with E-state index in [0.29, 0.717) is 11.4 Å². The lowest BCUT2D eigenvalue weighted by molar-refractivity contribution is -0.138. The molecule has 0 aliphatic heterocycles. The molecule has 2 aromatic carbocycles. The normalized spacial score (nSPS) is 12.1. The molecule has 0 fully saturated rings. The summed E-state index contributed by atoms with van der Waals surface area (Å²) in [5.74, 6) is -1.03. The van der Waals surface area contributed by atoms with Crippen molar-refractivity contribution in [3.63, 3.8) is 0 Å². The first kappa shape index (κ1) is 15.4. The van der Waals surface area contributed by atoms with E-state index in [1.54, 1.807) is 13.0 Å². The number of benzene rings is 2. The van der Waals surface area contributed by atoms with Crippen LogP contribution in [0.5, 0.6) is 0 Å². The van der Waals surface area contributed by atoms with Gasteiger partial charge < -0.3 is 10.8 Å². The molecule has 2 rings (SSSR count). The van der Waals surface area contributed by atoms with Crippen LogP contribution in [0.15, 0.2) is 47.4 Å². The predicted octanol–water partition coefficient (Wildman–Crippen LogP) is 3.89. The second-order valence-electron chi connectivity index (χ2n) is 4.81. The zero-order valence-electron chi connectivity index (χ0n) is 11.5. The van der Waals surface area contributed by atoms with Crippen LogP contribution in [0.4, 0.5) is 10.1 Å². The van der Waals surface area contributed by atoms with Gasteiger partial charge in [0.15, 0.2) is 0 Å². The first-order valence-electron chi connectivity index (χ1n) is 6.46. The molecular weight excluding hydrogens is 289 g/mol. The second-order valence-corrected chi connectivity index (χ2v) is 5.86. The van der Waals surface area contributed by atoms with E-state index in [1.807, 2.05) is 24.3 Å². The average molecular weight is 305 g/mol. The number of hydrogen-bond donors (Lipinski definition) is 2. The number of carboxylic acids is 1. The minimum Gasteiger partial charge on any atom is -0.481 e. The van der Waals surface area contributed by atoms with Crippen molar-refractivity contribution >= 4 is 23.4 Å². The number of thioether (sulfide) groups is 1. The SMILES string of the molecule is CC(C(=O)O)c1ccc(CSc2cc(N)cc(F)c2)cc1. The van der Waals surface area contributed by atoms with Crippen LogP contribution in [0.2, 0.25) is 0 Å². The van der Waals surface area contributed by atoms with Crippen molar-refractivity contribution in [1.82, 2.24) is 0 Å². The van der Waals surface area contributed by atoms with Crippen LogP contribution in [-0.4, -0.2) is 11.1 Å². The quantitative estimate of drug-likeness (QED) is 0.650. The van der Waals surface area contributed by atoms with Gasteiger partial charge in [0.2, 0.25) is 0 Å². The van der Waals surface area contributed by atoms with Gasteiger partial charge in [-0.05, 0) is 36.2 Å². The fraction of sp³-hybridized carbons (Fsp3) is 0.188. The molecule has 0 radical (unpaired) electrons. The molecule has 0 bridgehead atoms. The van der Waals surface area contributed by atoms with Crippen molar-refractivity contribution < 1.29 is 14.3 Å². The van der Waals surface area contributed by atoms with Crippen molar-refractivity contribution in [3.8, 4) is 0 Å². The molecule has 0 aliphatic rings. The van der Waals surface area contributed by atoms with Crippen LogP contribution >= 0.6 is 11.8 Å². The maximum Gasteiger partial charge on any atom is 0.310 e. The number of nitrogen functional groups attached to an aromatic ring is 1. The average Bonchev–Trinajstić information content (AvgIpc) is 2.44. The molecule has 21 heavy (non-hydrogen) atoms. The molecule has 110 valence electrons. The highest BCUT2D eigenvalue weighted by molar-refractivity contribution is 7.98. The molecule has 0 spiro atoms. The Hall–Kier alpha value is -2.01. The number of carboxylic acid groups (broad SMARTS) is 1. The van der Waals surface area contributed by atoms with Crippen molar-refractivity contribution in [1.29, 1.82) is 0 Å². The topological polar surface area (TPSA) is 63.3 Å². The van der Waals surface area contributed by atoms with Gasteiger partial charge in [0, 0.05) is 16.3 Å². The number of aliphatic carboxylic acids is 1. The summed E-state index contributed by atoms with van der Waals surface area (Å²) in [5.41, 5.74) is 7.82. The van der Waals surface area contributed by atoms with E-state index >= 15 is 0 Å². The third-order valence-electron chi connectivity index (χ3n) is 3.15. The summed E-state index contributed by atoms with van der Waals surface area (Å²) < 4.78 is 13.2. The lowest BCUT2D eigenvalue weighted by Gasteiger charge is -2.08. The summed E-state index contributed by atoms with van der Waals surface area (Å²) in [7, 11) is 0. The molecule has 5 heteroatoms. The Kier molecular flexibility index (Phi) is 4.85. The zero-order valence-corrected chi connectivity index (χ0v) is 12.4. The fourth-order valence-corrected chi connectivity index (χ4v) is 2.82. The van der Waals surface area contributed by atoms with E-state index in [1.165, 1.54) is 23.9 Å². The summed E-state index contributed by atoms with van der Waals surface area (Å²) in [6, 6.07) is 11.9. The first-order valence-corrected chi connectivity index (χ1v) is 7.45. The number of halogens is 1. The van der Waals surface area contributed by atoms with Gasteiger partial charge in [0.1, 0.15) is 5.82 Å². The Bertz CT molecular complexity index is 623. The van der Waals surface area contributed by atoms with E-state index in [0.717, 1.165) is 16.0 Å². The van der Waals surface area contributed by atoms with Crippen molar-refractivity contribution in [2.24, 2.45) is 0 Å². The monoisotopic (exact) mass is 305 g/mol. The molecule has 3 N–H and O–H groups in total. The molecule has 2 aromatic rings. The molecular formula is C16H16FNO2S. The summed E-state index contributed by atoms with van der Waals surface area (Å²) >= 11 is 1.49. The third kappa shape index (κ3) is 4.23. The van der Waals surface area contributed by atoms with Gasteiger partial charge in [-0.3, -0.25) is 4.79 Å². The third-order valence-corrected chi connectivity index (χ3v) is 4.20. The highest BCUT2D eigenvalue weighted by Gasteiger charge is 2.12. The highest BCUT2D eigenvalue weighted by Crippen LogP contribution is 2.26. The Morgan fingerprint density at radius 1 is 1.29 bits per heavy atom. The van der Waals surface area contributed by atoms with Crippen LogP contribution in [0.1, 0.15) is 24.0 Å². The standard InChI is InChI=1S/C16H16FNO2S/c1-10(16(19)20)12-4-2-11(3-5-12)9-21-15-7-13(17)6-14(18)8-15/h2-8,10H,9,18H2,1H3,(H,19,20). The lowest BCUT2D eigenvalue weighted by atomic mass is 10.0. The van der Waals surface area contributed by atoms with Crippen molar-refractivity contribution in [2.45, 2.75) is 23.5 Å². The molecule has 0 saturated heterocycles. The maximum absolute atomic E-state index is 13.2. The Morgan fingerprint density at radius 2 is 1.95 bits per heavy atom. The van der Waals surface area contributed by atoms with Crippen LogP contribution < -0.4 is 5.73 Å². The zero-order chi connectivity index (χ0) is 15.4. The molecule has 3 nitrogen and oxygen atoms in total. The van der Waals surface area contributed by atoms with Crippen LogP contribution in [0.25, 0.3) is 0 Å². The first-order chi connectivity index (χ1) is 9.95. The summed E-state index contributed by atoms with van der Waals surface area (Å²) in [6.07, 6.45) is 0. The van der Waals surface area contributed by atoms with Gasteiger partial charge in [-0.2, -0.15) is 0 Å². The Morgan fingerprint density at radius 3 is 2.52 bits per heavy atom. The van der Waals surface area contributed by atoms with E-state index < -0.39 is 11.9 Å². The number of nitrogens with two attached hydrogens (primary N) is 1. The minimum atomic E-state index is -0.840. The molecule has 0 amide bonds. The second kappa shape index (κ2) is 6.63. The Labute approximate surface area is 127 Å². The summed E-state index contributed by atoms with van der Waals surface area (Å²) in [5, 5.41) is 8.96. The van der Waals surface area contributed by atoms with E-state index in [2.05, 4.69) is 0 Å².